The minimum atomic E-state index is -0.258. The van der Waals surface area contributed by atoms with Crippen LogP contribution in [0.2, 0.25) is 10.0 Å². The van der Waals surface area contributed by atoms with E-state index in [0.717, 1.165) is 5.56 Å². The Bertz CT molecular complexity index is 1280. The summed E-state index contributed by atoms with van der Waals surface area (Å²) in [7, 11) is 0. The molecule has 2 aromatic carbocycles. The number of benzene rings is 2. The SMILES string of the molecule is O=C(CCN(Cc1ccccc1)C(=O)c1csc(Nc2ccc(Cl)c(Cl)c2)n1)NCc1ccco1. The number of aromatic nitrogens is 1. The van der Waals surface area contributed by atoms with E-state index in [1.807, 2.05) is 30.3 Å². The van der Waals surface area contributed by atoms with Crippen LogP contribution in [0.4, 0.5) is 10.8 Å². The van der Waals surface area contributed by atoms with E-state index in [9.17, 15) is 9.59 Å². The number of rotatable bonds is 10. The van der Waals surface area contributed by atoms with Gasteiger partial charge in [0.25, 0.3) is 5.91 Å². The van der Waals surface area contributed by atoms with Crippen LogP contribution in [-0.4, -0.2) is 28.2 Å². The lowest BCUT2D eigenvalue weighted by atomic mass is 10.2. The van der Waals surface area contributed by atoms with Crippen molar-refractivity contribution < 1.29 is 14.0 Å². The summed E-state index contributed by atoms with van der Waals surface area (Å²) in [5, 5.41) is 9.06. The molecule has 0 saturated heterocycles. The number of hydrogen-bond acceptors (Lipinski definition) is 6. The average Bonchev–Trinajstić information content (AvgIpc) is 3.55. The third kappa shape index (κ3) is 7.08. The Morgan fingerprint density at radius 3 is 2.60 bits per heavy atom. The standard InChI is InChI=1S/C25H22Cl2N4O3S/c26-20-9-8-18(13-21(20)27)29-25-30-22(16-35-25)24(33)31(15-17-5-2-1-3-6-17)11-10-23(32)28-14-19-7-4-12-34-19/h1-9,12-13,16H,10-11,14-15H2,(H,28,32)(H,29,30). The third-order valence-corrected chi connectivity index (χ3v) is 6.54. The molecule has 10 heteroatoms. The molecule has 2 aromatic heterocycles. The molecule has 0 aliphatic rings. The second kappa shape index (κ2) is 11.9. The van der Waals surface area contributed by atoms with Gasteiger partial charge in [-0.05, 0) is 35.9 Å². The molecule has 0 aliphatic carbocycles. The number of halogens is 2. The van der Waals surface area contributed by atoms with Crippen molar-refractivity contribution in [3.63, 3.8) is 0 Å². The first-order valence-electron chi connectivity index (χ1n) is 10.8. The molecular weight excluding hydrogens is 507 g/mol. The lowest BCUT2D eigenvalue weighted by Gasteiger charge is -2.22. The number of amides is 2. The van der Waals surface area contributed by atoms with Crippen LogP contribution in [0.25, 0.3) is 0 Å². The van der Waals surface area contributed by atoms with Gasteiger partial charge in [0.05, 0.1) is 22.9 Å². The van der Waals surface area contributed by atoms with Gasteiger partial charge in [0, 0.05) is 30.6 Å². The first kappa shape index (κ1) is 24.8. The van der Waals surface area contributed by atoms with Gasteiger partial charge in [-0.3, -0.25) is 9.59 Å². The van der Waals surface area contributed by atoms with Crippen LogP contribution >= 0.6 is 34.5 Å². The quantitative estimate of drug-likeness (QED) is 0.258. The van der Waals surface area contributed by atoms with Crippen LogP contribution in [0.5, 0.6) is 0 Å². The Hall–Kier alpha value is -3.33. The summed E-state index contributed by atoms with van der Waals surface area (Å²) in [6.07, 6.45) is 1.71. The molecule has 2 heterocycles. The summed E-state index contributed by atoms with van der Waals surface area (Å²) in [6, 6.07) is 18.3. The second-order valence-corrected chi connectivity index (χ2v) is 9.28. The van der Waals surface area contributed by atoms with Crippen LogP contribution in [-0.2, 0) is 17.9 Å². The molecule has 2 amide bonds. The van der Waals surface area contributed by atoms with Crippen molar-refractivity contribution in [2.75, 3.05) is 11.9 Å². The Morgan fingerprint density at radius 2 is 1.86 bits per heavy atom. The van der Waals surface area contributed by atoms with Crippen molar-refractivity contribution >= 4 is 57.2 Å². The summed E-state index contributed by atoms with van der Waals surface area (Å²) in [6.45, 7) is 0.900. The van der Waals surface area contributed by atoms with E-state index in [1.54, 1.807) is 46.9 Å². The van der Waals surface area contributed by atoms with Gasteiger partial charge in [0.1, 0.15) is 11.5 Å². The Morgan fingerprint density at radius 1 is 1.03 bits per heavy atom. The largest absolute Gasteiger partial charge is 0.467 e. The van der Waals surface area contributed by atoms with E-state index in [1.165, 1.54) is 11.3 Å². The number of thiazole rings is 1. The molecule has 0 aliphatic heterocycles. The number of furan rings is 1. The van der Waals surface area contributed by atoms with Gasteiger partial charge in [-0.1, -0.05) is 53.5 Å². The lowest BCUT2D eigenvalue weighted by molar-refractivity contribution is -0.121. The van der Waals surface area contributed by atoms with Gasteiger partial charge in [0.2, 0.25) is 5.91 Å². The molecule has 0 spiro atoms. The summed E-state index contributed by atoms with van der Waals surface area (Å²) in [5.41, 5.74) is 1.97. The minimum Gasteiger partial charge on any atom is -0.467 e. The summed E-state index contributed by atoms with van der Waals surface area (Å²) < 4.78 is 5.24. The van der Waals surface area contributed by atoms with Gasteiger partial charge in [-0.15, -0.1) is 11.3 Å². The molecule has 35 heavy (non-hydrogen) atoms. The maximum atomic E-state index is 13.3. The molecule has 4 aromatic rings. The Kier molecular flexibility index (Phi) is 8.41. The zero-order chi connectivity index (χ0) is 24.6. The summed E-state index contributed by atoms with van der Waals surface area (Å²) in [5.74, 6) is 0.235. The fraction of sp³-hybridized carbons (Fsp3) is 0.160. The number of carbonyl (C=O) groups excluding carboxylic acids is 2. The number of hydrogen-bond donors (Lipinski definition) is 2. The highest BCUT2D eigenvalue weighted by Gasteiger charge is 2.20. The van der Waals surface area contributed by atoms with E-state index in [-0.39, 0.29) is 24.8 Å². The number of nitrogens with zero attached hydrogens (tertiary/aromatic N) is 2. The first-order valence-corrected chi connectivity index (χ1v) is 12.4. The van der Waals surface area contributed by atoms with Crippen LogP contribution < -0.4 is 10.6 Å². The molecule has 0 atom stereocenters. The van der Waals surface area contributed by atoms with E-state index in [0.29, 0.717) is 45.4 Å². The maximum absolute atomic E-state index is 13.3. The van der Waals surface area contributed by atoms with Gasteiger partial charge >= 0.3 is 0 Å². The van der Waals surface area contributed by atoms with Crippen LogP contribution in [0.1, 0.15) is 28.2 Å². The highest BCUT2D eigenvalue weighted by molar-refractivity contribution is 7.14. The van der Waals surface area contributed by atoms with E-state index in [2.05, 4.69) is 15.6 Å². The smallest absolute Gasteiger partial charge is 0.273 e. The molecule has 0 fully saturated rings. The molecular formula is C25H22Cl2N4O3S. The first-order chi connectivity index (χ1) is 17.0. The van der Waals surface area contributed by atoms with Crippen molar-refractivity contribution in [1.82, 2.24) is 15.2 Å². The Balaban J connectivity index is 1.42. The second-order valence-electron chi connectivity index (χ2n) is 7.61. The third-order valence-electron chi connectivity index (χ3n) is 5.05. The monoisotopic (exact) mass is 528 g/mol. The fourth-order valence-electron chi connectivity index (χ4n) is 3.27. The number of anilines is 2. The zero-order valence-electron chi connectivity index (χ0n) is 18.5. The topological polar surface area (TPSA) is 87.5 Å². The minimum absolute atomic E-state index is 0.151. The highest BCUT2D eigenvalue weighted by Crippen LogP contribution is 2.28. The van der Waals surface area contributed by atoms with Gasteiger partial charge in [-0.25, -0.2) is 4.98 Å². The fourth-order valence-corrected chi connectivity index (χ4v) is 4.27. The molecule has 2 N–H and O–H groups in total. The average molecular weight is 529 g/mol. The van der Waals surface area contributed by atoms with Crippen molar-refractivity contribution in [2.45, 2.75) is 19.5 Å². The predicted octanol–water partition coefficient (Wildman–Crippen LogP) is 6.14. The molecule has 0 saturated carbocycles. The van der Waals surface area contributed by atoms with E-state index < -0.39 is 0 Å². The number of carbonyl (C=O) groups is 2. The van der Waals surface area contributed by atoms with Crippen molar-refractivity contribution in [1.29, 1.82) is 0 Å². The lowest BCUT2D eigenvalue weighted by Crippen LogP contribution is -2.35. The highest BCUT2D eigenvalue weighted by atomic mass is 35.5. The van der Waals surface area contributed by atoms with Crippen LogP contribution in [0.3, 0.4) is 0 Å². The van der Waals surface area contributed by atoms with Crippen molar-refractivity contribution in [3.05, 3.63) is 99.4 Å². The Labute approximate surface area is 216 Å². The van der Waals surface area contributed by atoms with E-state index >= 15 is 0 Å². The number of nitrogens with one attached hydrogen (secondary N) is 2. The van der Waals surface area contributed by atoms with Gasteiger partial charge < -0.3 is 20.0 Å². The van der Waals surface area contributed by atoms with Crippen LogP contribution in [0.15, 0.2) is 76.7 Å². The molecule has 4 rings (SSSR count). The predicted molar refractivity (Wildman–Crippen MR) is 138 cm³/mol. The zero-order valence-corrected chi connectivity index (χ0v) is 20.9. The molecule has 0 radical (unpaired) electrons. The molecule has 0 unspecified atom stereocenters. The molecule has 0 bridgehead atoms. The van der Waals surface area contributed by atoms with Crippen molar-refractivity contribution in [2.24, 2.45) is 0 Å². The normalized spacial score (nSPS) is 10.7. The molecule has 7 nitrogen and oxygen atoms in total. The summed E-state index contributed by atoms with van der Waals surface area (Å²) >= 11 is 13.4. The van der Waals surface area contributed by atoms with Crippen molar-refractivity contribution in [3.8, 4) is 0 Å². The molecule has 180 valence electrons. The maximum Gasteiger partial charge on any atom is 0.273 e. The van der Waals surface area contributed by atoms with Gasteiger partial charge in [-0.2, -0.15) is 0 Å². The van der Waals surface area contributed by atoms with E-state index in [4.69, 9.17) is 27.6 Å². The van der Waals surface area contributed by atoms with Gasteiger partial charge in [0.15, 0.2) is 5.13 Å². The van der Waals surface area contributed by atoms with Crippen LogP contribution in [0, 0.1) is 0 Å². The summed E-state index contributed by atoms with van der Waals surface area (Å²) in [4.78, 5) is 31.8.